The van der Waals surface area contributed by atoms with Crippen molar-refractivity contribution in [1.82, 2.24) is 9.78 Å². The average Bonchev–Trinajstić information content (AvgIpc) is 2.90. The number of aromatic nitrogens is 2. The van der Waals surface area contributed by atoms with Crippen molar-refractivity contribution in [3.05, 3.63) is 71.0 Å². The predicted molar refractivity (Wildman–Crippen MR) is 85.3 cm³/mol. The van der Waals surface area contributed by atoms with Gasteiger partial charge in [0.1, 0.15) is 0 Å². The second kappa shape index (κ2) is 5.51. The van der Waals surface area contributed by atoms with E-state index in [9.17, 15) is 0 Å². The molecule has 0 spiro atoms. The zero-order valence-electron chi connectivity index (χ0n) is 10.8. The summed E-state index contributed by atoms with van der Waals surface area (Å²) in [4.78, 5) is 0. The lowest BCUT2D eigenvalue weighted by Gasteiger charge is -2.03. The number of benzene rings is 2. The molecule has 3 aromatic rings. The van der Waals surface area contributed by atoms with E-state index in [0.717, 1.165) is 27.8 Å². The Morgan fingerprint density at radius 2 is 1.80 bits per heavy atom. The minimum Gasteiger partial charge on any atom is -0.398 e. The van der Waals surface area contributed by atoms with Crippen molar-refractivity contribution in [1.29, 1.82) is 0 Å². The third kappa shape index (κ3) is 2.75. The summed E-state index contributed by atoms with van der Waals surface area (Å²) in [6.45, 7) is 0.750. The molecule has 0 aliphatic rings. The minimum absolute atomic E-state index is 0.750. The molecule has 0 aliphatic heterocycles. The highest BCUT2D eigenvalue weighted by atomic mass is 79.9. The average molecular weight is 328 g/mol. The van der Waals surface area contributed by atoms with Gasteiger partial charge in [0, 0.05) is 27.5 Å². The third-order valence-electron chi connectivity index (χ3n) is 3.16. The first-order valence-corrected chi connectivity index (χ1v) is 7.13. The molecule has 4 heteroatoms. The molecule has 2 N–H and O–H groups in total. The van der Waals surface area contributed by atoms with Crippen molar-refractivity contribution in [2.75, 3.05) is 5.73 Å². The van der Waals surface area contributed by atoms with E-state index < -0.39 is 0 Å². The van der Waals surface area contributed by atoms with E-state index in [2.05, 4.69) is 33.2 Å². The Morgan fingerprint density at radius 3 is 2.55 bits per heavy atom. The number of rotatable bonds is 3. The van der Waals surface area contributed by atoms with Crippen LogP contribution in [0.4, 0.5) is 5.69 Å². The summed E-state index contributed by atoms with van der Waals surface area (Å²) in [6.07, 6.45) is 3.87. The summed E-state index contributed by atoms with van der Waals surface area (Å²) in [7, 11) is 0. The fourth-order valence-electron chi connectivity index (χ4n) is 2.13. The summed E-state index contributed by atoms with van der Waals surface area (Å²) in [5.41, 5.74) is 10.0. The van der Waals surface area contributed by atoms with Crippen LogP contribution in [0.25, 0.3) is 11.1 Å². The van der Waals surface area contributed by atoms with E-state index in [-0.39, 0.29) is 0 Å². The molecule has 0 aliphatic carbocycles. The lowest BCUT2D eigenvalue weighted by molar-refractivity contribution is 0.687. The zero-order chi connectivity index (χ0) is 13.9. The van der Waals surface area contributed by atoms with E-state index in [1.807, 2.05) is 53.5 Å². The fraction of sp³-hybridized carbons (Fsp3) is 0.0625. The number of hydrogen-bond acceptors (Lipinski definition) is 2. The second-order valence-electron chi connectivity index (χ2n) is 4.64. The van der Waals surface area contributed by atoms with Gasteiger partial charge in [0.15, 0.2) is 0 Å². The summed E-state index contributed by atoms with van der Waals surface area (Å²) in [5.74, 6) is 0. The summed E-state index contributed by atoms with van der Waals surface area (Å²) in [6, 6.07) is 16.1. The standard InChI is InChI=1S/C16H14BrN3/c17-14-7-5-12(6-8-14)10-20-11-13(9-19-20)15-3-1-2-4-16(15)18/h1-9,11H,10,18H2. The number of nitrogens with two attached hydrogens (primary N) is 1. The highest BCUT2D eigenvalue weighted by molar-refractivity contribution is 9.10. The van der Waals surface area contributed by atoms with Crippen molar-refractivity contribution in [2.45, 2.75) is 6.54 Å². The lowest BCUT2D eigenvalue weighted by Crippen LogP contribution is -1.99. The van der Waals surface area contributed by atoms with Gasteiger partial charge in [-0.25, -0.2) is 0 Å². The molecule has 3 nitrogen and oxygen atoms in total. The molecule has 1 heterocycles. The van der Waals surface area contributed by atoms with Crippen LogP contribution in [-0.2, 0) is 6.54 Å². The van der Waals surface area contributed by atoms with Crippen LogP contribution in [0.3, 0.4) is 0 Å². The van der Waals surface area contributed by atoms with E-state index in [1.165, 1.54) is 5.56 Å². The smallest absolute Gasteiger partial charge is 0.0659 e. The third-order valence-corrected chi connectivity index (χ3v) is 3.69. The Kier molecular flexibility index (Phi) is 3.56. The highest BCUT2D eigenvalue weighted by Gasteiger charge is 2.05. The van der Waals surface area contributed by atoms with E-state index >= 15 is 0 Å². The first kappa shape index (κ1) is 12.9. The van der Waals surface area contributed by atoms with Crippen molar-refractivity contribution in [3.8, 4) is 11.1 Å². The van der Waals surface area contributed by atoms with Crippen LogP contribution < -0.4 is 5.73 Å². The van der Waals surface area contributed by atoms with Crippen LogP contribution in [-0.4, -0.2) is 9.78 Å². The molecule has 20 heavy (non-hydrogen) atoms. The van der Waals surface area contributed by atoms with Crippen LogP contribution in [0.5, 0.6) is 0 Å². The molecule has 1 aromatic heterocycles. The molecule has 0 amide bonds. The van der Waals surface area contributed by atoms with Gasteiger partial charge < -0.3 is 5.73 Å². The number of halogens is 1. The molecular weight excluding hydrogens is 314 g/mol. The van der Waals surface area contributed by atoms with Crippen molar-refractivity contribution < 1.29 is 0 Å². The molecule has 0 atom stereocenters. The maximum absolute atomic E-state index is 5.99. The first-order valence-electron chi connectivity index (χ1n) is 6.34. The van der Waals surface area contributed by atoms with E-state index in [4.69, 9.17) is 5.73 Å². The van der Waals surface area contributed by atoms with E-state index in [0.29, 0.717) is 0 Å². The Bertz CT molecular complexity index is 717. The topological polar surface area (TPSA) is 43.8 Å². The number of anilines is 1. The first-order chi connectivity index (χ1) is 9.72. The van der Waals surface area contributed by atoms with Crippen molar-refractivity contribution in [3.63, 3.8) is 0 Å². The molecule has 0 radical (unpaired) electrons. The Labute approximate surface area is 126 Å². The van der Waals surface area contributed by atoms with Gasteiger partial charge in [-0.2, -0.15) is 5.10 Å². The minimum atomic E-state index is 0.750. The largest absolute Gasteiger partial charge is 0.398 e. The van der Waals surface area contributed by atoms with Gasteiger partial charge >= 0.3 is 0 Å². The summed E-state index contributed by atoms with van der Waals surface area (Å²) >= 11 is 3.44. The maximum Gasteiger partial charge on any atom is 0.0659 e. The second-order valence-corrected chi connectivity index (χ2v) is 5.56. The molecule has 0 bridgehead atoms. The molecule has 0 saturated heterocycles. The van der Waals surface area contributed by atoms with Crippen LogP contribution in [0, 0.1) is 0 Å². The van der Waals surface area contributed by atoms with Crippen molar-refractivity contribution in [2.24, 2.45) is 0 Å². The van der Waals surface area contributed by atoms with Gasteiger partial charge in [0.05, 0.1) is 12.7 Å². The SMILES string of the molecule is Nc1ccccc1-c1cnn(Cc2ccc(Br)cc2)c1. The molecule has 3 rings (SSSR count). The van der Waals surface area contributed by atoms with Crippen LogP contribution in [0.1, 0.15) is 5.56 Å². The Balaban J connectivity index is 1.84. The molecule has 100 valence electrons. The number of nitrogens with zero attached hydrogens (tertiary/aromatic N) is 2. The van der Waals surface area contributed by atoms with Gasteiger partial charge in [-0.1, -0.05) is 46.3 Å². The molecule has 0 saturated carbocycles. The molecule has 0 unspecified atom stereocenters. The molecule has 2 aromatic carbocycles. The molecule has 0 fully saturated rings. The van der Waals surface area contributed by atoms with E-state index in [1.54, 1.807) is 0 Å². The lowest BCUT2D eigenvalue weighted by atomic mass is 10.1. The van der Waals surface area contributed by atoms with Gasteiger partial charge in [0.25, 0.3) is 0 Å². The maximum atomic E-state index is 5.99. The normalized spacial score (nSPS) is 10.7. The van der Waals surface area contributed by atoms with Gasteiger partial charge in [-0.05, 0) is 23.8 Å². The molecular formula is C16H14BrN3. The summed E-state index contributed by atoms with van der Waals surface area (Å²) in [5, 5.41) is 4.40. The predicted octanol–water partition coefficient (Wildman–Crippen LogP) is 3.94. The number of para-hydroxylation sites is 1. The van der Waals surface area contributed by atoms with Gasteiger partial charge in [-0.3, -0.25) is 4.68 Å². The monoisotopic (exact) mass is 327 g/mol. The van der Waals surface area contributed by atoms with Crippen LogP contribution in [0.15, 0.2) is 65.4 Å². The highest BCUT2D eigenvalue weighted by Crippen LogP contribution is 2.24. The van der Waals surface area contributed by atoms with Crippen LogP contribution in [0.2, 0.25) is 0 Å². The van der Waals surface area contributed by atoms with Gasteiger partial charge in [-0.15, -0.1) is 0 Å². The van der Waals surface area contributed by atoms with Crippen LogP contribution >= 0.6 is 15.9 Å². The Hall–Kier alpha value is -2.07. The van der Waals surface area contributed by atoms with Crippen molar-refractivity contribution >= 4 is 21.6 Å². The fourth-order valence-corrected chi connectivity index (χ4v) is 2.39. The quantitative estimate of drug-likeness (QED) is 0.740. The van der Waals surface area contributed by atoms with Gasteiger partial charge in [0.2, 0.25) is 0 Å². The summed E-state index contributed by atoms with van der Waals surface area (Å²) < 4.78 is 3.00. The number of hydrogen-bond donors (Lipinski definition) is 1. The number of nitrogen functional groups attached to an aromatic ring is 1. The zero-order valence-corrected chi connectivity index (χ0v) is 12.4. The Morgan fingerprint density at radius 1 is 1.05 bits per heavy atom.